The fourth-order valence-corrected chi connectivity index (χ4v) is 4.40. The van der Waals surface area contributed by atoms with Crippen LogP contribution >= 0.6 is 12.2 Å². The molecule has 3 rings (SSSR count). The number of carbonyl (C=O) groups excluding carboxylic acids is 1. The highest BCUT2D eigenvalue weighted by Gasteiger charge is 2.34. The summed E-state index contributed by atoms with van der Waals surface area (Å²) in [4.78, 5) is 26.2. The SMILES string of the molecule is CCN1CCC(C(=O)NCCN(C)C)C(Nc2cc(C)nc(NC(=S)Nc3ccc(OC(F)(F)F)cc3)n2)C1. The number of likely N-dealkylation sites (tertiary alicyclic amines) is 1. The van der Waals surface area contributed by atoms with E-state index in [-0.39, 0.29) is 34.7 Å². The van der Waals surface area contributed by atoms with Gasteiger partial charge in [-0.05, 0) is 77.0 Å². The minimum atomic E-state index is -4.76. The molecule has 0 spiro atoms. The quantitative estimate of drug-likeness (QED) is 0.319. The molecule has 0 aliphatic carbocycles. The summed E-state index contributed by atoms with van der Waals surface area (Å²) in [5.74, 6) is 0.260. The molecule has 214 valence electrons. The van der Waals surface area contributed by atoms with Gasteiger partial charge in [-0.2, -0.15) is 4.98 Å². The van der Waals surface area contributed by atoms with Crippen molar-refractivity contribution in [2.45, 2.75) is 32.7 Å². The van der Waals surface area contributed by atoms with E-state index in [9.17, 15) is 18.0 Å². The van der Waals surface area contributed by atoms with E-state index in [0.29, 0.717) is 30.3 Å². The van der Waals surface area contributed by atoms with Crippen molar-refractivity contribution in [3.63, 3.8) is 0 Å². The second-order valence-electron chi connectivity index (χ2n) is 9.50. The van der Waals surface area contributed by atoms with E-state index < -0.39 is 6.36 Å². The first-order valence-electron chi connectivity index (χ1n) is 12.6. The summed E-state index contributed by atoms with van der Waals surface area (Å²) in [5, 5.41) is 12.4. The number of anilines is 3. The maximum atomic E-state index is 13.0. The Morgan fingerprint density at radius 2 is 1.92 bits per heavy atom. The number of ether oxygens (including phenoxy) is 1. The van der Waals surface area contributed by atoms with Gasteiger partial charge in [0.2, 0.25) is 11.9 Å². The number of likely N-dealkylation sites (N-methyl/N-ethyl adjacent to an activating group) is 2. The molecular weight excluding hydrogens is 533 g/mol. The number of nitrogens with zero attached hydrogens (tertiary/aromatic N) is 4. The van der Waals surface area contributed by atoms with Gasteiger partial charge in [0.05, 0.1) is 12.0 Å². The van der Waals surface area contributed by atoms with Crippen molar-refractivity contribution in [1.82, 2.24) is 25.1 Å². The fourth-order valence-electron chi connectivity index (χ4n) is 4.19. The number of carbonyl (C=O) groups is 1. The van der Waals surface area contributed by atoms with Crippen molar-refractivity contribution < 1.29 is 22.7 Å². The monoisotopic (exact) mass is 568 g/mol. The number of alkyl halides is 3. The predicted molar refractivity (Wildman–Crippen MR) is 149 cm³/mol. The normalized spacial score (nSPS) is 17.9. The number of hydrogen-bond donors (Lipinski definition) is 4. The number of benzene rings is 1. The van der Waals surface area contributed by atoms with Crippen molar-refractivity contribution >= 4 is 40.7 Å². The molecule has 10 nitrogen and oxygen atoms in total. The second-order valence-corrected chi connectivity index (χ2v) is 9.91. The zero-order chi connectivity index (χ0) is 28.6. The van der Waals surface area contributed by atoms with Crippen LogP contribution in [0.2, 0.25) is 0 Å². The summed E-state index contributed by atoms with van der Waals surface area (Å²) in [6.45, 7) is 7.68. The van der Waals surface area contributed by atoms with Gasteiger partial charge in [0.1, 0.15) is 11.6 Å². The Balaban J connectivity index is 1.65. The van der Waals surface area contributed by atoms with Crippen molar-refractivity contribution in [2.75, 3.05) is 62.8 Å². The largest absolute Gasteiger partial charge is 0.573 e. The van der Waals surface area contributed by atoms with E-state index in [1.807, 2.05) is 25.9 Å². The number of aromatic nitrogens is 2. The highest BCUT2D eigenvalue weighted by atomic mass is 32.1. The van der Waals surface area contributed by atoms with Gasteiger partial charge in [-0.1, -0.05) is 6.92 Å². The molecule has 1 amide bonds. The Hall–Kier alpha value is -3.23. The van der Waals surface area contributed by atoms with Gasteiger partial charge in [0.15, 0.2) is 5.11 Å². The van der Waals surface area contributed by atoms with Crippen molar-refractivity contribution in [3.8, 4) is 5.75 Å². The third-order valence-electron chi connectivity index (χ3n) is 6.10. The lowest BCUT2D eigenvalue weighted by molar-refractivity contribution is -0.274. The first-order chi connectivity index (χ1) is 18.4. The van der Waals surface area contributed by atoms with Gasteiger partial charge in [-0.15, -0.1) is 13.2 Å². The molecule has 2 unspecified atom stereocenters. The van der Waals surface area contributed by atoms with Crippen LogP contribution in [-0.2, 0) is 4.79 Å². The average Bonchev–Trinajstić information content (AvgIpc) is 2.83. The maximum Gasteiger partial charge on any atom is 0.573 e. The number of halogens is 3. The molecule has 4 N–H and O–H groups in total. The van der Waals surface area contributed by atoms with Crippen LogP contribution in [-0.4, -0.2) is 90.0 Å². The van der Waals surface area contributed by atoms with Gasteiger partial charge in [0, 0.05) is 37.1 Å². The Kier molecular flexibility index (Phi) is 10.7. The van der Waals surface area contributed by atoms with Crippen molar-refractivity contribution in [1.29, 1.82) is 0 Å². The lowest BCUT2D eigenvalue weighted by Crippen LogP contribution is -2.53. The highest BCUT2D eigenvalue weighted by molar-refractivity contribution is 7.80. The molecule has 14 heteroatoms. The summed E-state index contributed by atoms with van der Waals surface area (Å²) >= 11 is 5.33. The number of nitrogens with one attached hydrogen (secondary N) is 4. The molecule has 1 fully saturated rings. The zero-order valence-electron chi connectivity index (χ0n) is 22.4. The van der Waals surface area contributed by atoms with Gasteiger partial charge in [-0.3, -0.25) is 4.79 Å². The number of piperidine rings is 1. The molecule has 0 radical (unpaired) electrons. The van der Waals surface area contributed by atoms with Gasteiger partial charge in [0.25, 0.3) is 0 Å². The van der Waals surface area contributed by atoms with Crippen molar-refractivity contribution in [3.05, 3.63) is 36.0 Å². The molecule has 1 saturated heterocycles. The van der Waals surface area contributed by atoms with E-state index in [0.717, 1.165) is 26.1 Å². The second kappa shape index (κ2) is 13.7. The molecule has 1 aromatic heterocycles. The zero-order valence-corrected chi connectivity index (χ0v) is 23.2. The summed E-state index contributed by atoms with van der Waals surface area (Å²) in [6, 6.07) is 6.83. The average molecular weight is 569 g/mol. The molecule has 1 aliphatic heterocycles. The van der Waals surface area contributed by atoms with Gasteiger partial charge < -0.3 is 35.8 Å². The van der Waals surface area contributed by atoms with E-state index in [1.165, 1.54) is 24.3 Å². The Bertz CT molecular complexity index is 1120. The Morgan fingerprint density at radius 1 is 1.21 bits per heavy atom. The maximum absolute atomic E-state index is 13.0. The summed E-state index contributed by atoms with van der Waals surface area (Å²) in [5.41, 5.74) is 1.14. The molecule has 39 heavy (non-hydrogen) atoms. The van der Waals surface area contributed by atoms with Crippen LogP contribution in [0.25, 0.3) is 0 Å². The van der Waals surface area contributed by atoms with Crippen LogP contribution in [0.5, 0.6) is 5.75 Å². The molecular formula is C25H35F3N8O2S. The number of hydrogen-bond acceptors (Lipinski definition) is 8. The summed E-state index contributed by atoms with van der Waals surface area (Å²) < 4.78 is 41.0. The standard InChI is InChI=1S/C25H35F3N8O2S/c1-5-36-12-10-19(22(37)29-11-13-35(3)4)20(15-36)32-21-14-16(2)30-23(33-21)34-24(39)31-17-6-8-18(9-7-17)38-25(26,27)28/h6-9,14,19-20H,5,10-13,15H2,1-4H3,(H,29,37)(H3,30,31,32,33,34,39). The third-order valence-corrected chi connectivity index (χ3v) is 6.30. The molecule has 2 aromatic rings. The number of thiocarbonyl (C=S) groups is 1. The highest BCUT2D eigenvalue weighted by Crippen LogP contribution is 2.25. The van der Waals surface area contributed by atoms with E-state index in [2.05, 4.69) is 47.8 Å². The molecule has 1 aliphatic rings. The molecule has 1 aromatic carbocycles. The van der Waals surface area contributed by atoms with E-state index >= 15 is 0 Å². The van der Waals surface area contributed by atoms with Crippen LogP contribution in [0.4, 0.5) is 30.6 Å². The predicted octanol–water partition coefficient (Wildman–Crippen LogP) is 3.29. The topological polar surface area (TPSA) is 107 Å². The first-order valence-corrected chi connectivity index (χ1v) is 13.0. The number of amides is 1. The lowest BCUT2D eigenvalue weighted by atomic mass is 9.90. The van der Waals surface area contributed by atoms with Crippen LogP contribution in [0.3, 0.4) is 0 Å². The third kappa shape index (κ3) is 10.1. The minimum absolute atomic E-state index is 0.0197. The van der Waals surface area contributed by atoms with Gasteiger partial charge >= 0.3 is 6.36 Å². The minimum Gasteiger partial charge on any atom is -0.406 e. The summed E-state index contributed by atoms with van der Waals surface area (Å²) in [6.07, 6.45) is -4.03. The Morgan fingerprint density at radius 3 is 2.56 bits per heavy atom. The van der Waals surface area contributed by atoms with Gasteiger partial charge in [-0.25, -0.2) is 4.98 Å². The molecule has 0 saturated carbocycles. The lowest BCUT2D eigenvalue weighted by Gasteiger charge is -2.38. The smallest absolute Gasteiger partial charge is 0.406 e. The number of rotatable bonds is 10. The van der Waals surface area contributed by atoms with E-state index in [4.69, 9.17) is 12.2 Å². The fraction of sp³-hybridized carbons (Fsp3) is 0.520. The molecule has 2 heterocycles. The molecule has 2 atom stereocenters. The number of aryl methyl sites for hydroxylation is 1. The first kappa shape index (κ1) is 30.3. The van der Waals surface area contributed by atoms with Crippen molar-refractivity contribution in [2.24, 2.45) is 5.92 Å². The summed E-state index contributed by atoms with van der Waals surface area (Å²) in [7, 11) is 3.92. The Labute approximate surface area is 231 Å². The van der Waals surface area contributed by atoms with E-state index in [1.54, 1.807) is 6.07 Å². The van der Waals surface area contributed by atoms with Crippen LogP contribution < -0.4 is 26.0 Å². The van der Waals surface area contributed by atoms with Crippen LogP contribution in [0.1, 0.15) is 19.0 Å². The van der Waals surface area contributed by atoms with Crippen LogP contribution in [0.15, 0.2) is 30.3 Å². The van der Waals surface area contributed by atoms with Crippen LogP contribution in [0, 0.1) is 12.8 Å². The molecule has 0 bridgehead atoms.